The lowest BCUT2D eigenvalue weighted by Gasteiger charge is -2.24. The summed E-state index contributed by atoms with van der Waals surface area (Å²) in [5.74, 6) is 0.572. The Kier molecular flexibility index (Phi) is 13.6. The molecule has 60 heavy (non-hydrogen) atoms. The molecule has 0 aromatic heterocycles. The Balaban J connectivity index is 1.40. The average Bonchev–Trinajstić information content (AvgIpc) is 3.23. The minimum atomic E-state index is -0.433. The third kappa shape index (κ3) is 9.82. The summed E-state index contributed by atoms with van der Waals surface area (Å²) in [6.07, 6.45) is 5.32. The minimum absolute atomic E-state index is 0.0289. The summed E-state index contributed by atoms with van der Waals surface area (Å²) < 4.78 is 0. The lowest BCUT2D eigenvalue weighted by Crippen LogP contribution is -2.11. The van der Waals surface area contributed by atoms with Gasteiger partial charge in [-0.25, -0.2) is 0 Å². The first-order valence-corrected chi connectivity index (χ1v) is 21.6. The molecule has 0 spiro atoms. The number of aryl methyl sites for hydroxylation is 2. The maximum Gasteiger partial charge on any atom is 0.128 e. The largest absolute Gasteiger partial charge is 0.507 e. The Labute approximate surface area is 359 Å². The van der Waals surface area contributed by atoms with E-state index in [1.807, 2.05) is 61.0 Å². The molecule has 0 bridgehead atoms. The van der Waals surface area contributed by atoms with Crippen molar-refractivity contribution < 1.29 is 10.2 Å². The van der Waals surface area contributed by atoms with Gasteiger partial charge in [-0.1, -0.05) is 177 Å². The maximum atomic E-state index is 12.0. The predicted octanol–water partition coefficient (Wildman–Crippen LogP) is 14.4. The molecule has 6 aromatic carbocycles. The van der Waals surface area contributed by atoms with Crippen LogP contribution < -0.4 is 0 Å². The van der Waals surface area contributed by atoms with Crippen LogP contribution in [0.3, 0.4) is 0 Å². The van der Waals surface area contributed by atoms with Crippen LogP contribution in [-0.2, 0) is 10.8 Å². The first-order chi connectivity index (χ1) is 28.6. The SMILES string of the molecule is CCC(c1ccc(C(C)(C)C)cc1)c1c(C)ccc(C=N[C@@H](c2ccccc2)[C@@H](N=Cc2ccc(C)c(C(CC)c3ccc(C(C)(C)C)cc3)c2O)c2ccccc2)c1O. The predicted molar refractivity (Wildman–Crippen MR) is 254 cm³/mol. The van der Waals surface area contributed by atoms with E-state index in [0.717, 1.165) is 46.2 Å². The van der Waals surface area contributed by atoms with Gasteiger partial charge in [0.2, 0.25) is 0 Å². The second-order valence-corrected chi connectivity index (χ2v) is 18.4. The molecule has 0 amide bonds. The molecule has 4 heteroatoms. The first-order valence-electron chi connectivity index (χ1n) is 21.6. The molecule has 310 valence electrons. The zero-order chi connectivity index (χ0) is 43.2. The van der Waals surface area contributed by atoms with Gasteiger partial charge in [-0.05, 0) is 94.2 Å². The van der Waals surface area contributed by atoms with Crippen molar-refractivity contribution >= 4 is 12.4 Å². The second-order valence-electron chi connectivity index (χ2n) is 18.4. The van der Waals surface area contributed by atoms with E-state index < -0.39 is 12.1 Å². The van der Waals surface area contributed by atoms with Crippen LogP contribution in [0.1, 0.15) is 159 Å². The van der Waals surface area contributed by atoms with Gasteiger partial charge in [0.05, 0.1) is 0 Å². The van der Waals surface area contributed by atoms with Crippen molar-refractivity contribution in [2.24, 2.45) is 9.98 Å². The van der Waals surface area contributed by atoms with Crippen LogP contribution >= 0.6 is 0 Å². The molecule has 0 fully saturated rings. The van der Waals surface area contributed by atoms with E-state index in [1.54, 1.807) is 0 Å². The lowest BCUT2D eigenvalue weighted by molar-refractivity contribution is 0.461. The fraction of sp³-hybridized carbons (Fsp3) is 0.321. The van der Waals surface area contributed by atoms with Crippen molar-refractivity contribution in [1.29, 1.82) is 0 Å². The van der Waals surface area contributed by atoms with E-state index >= 15 is 0 Å². The first kappa shape index (κ1) is 43.8. The molecule has 6 aromatic rings. The maximum absolute atomic E-state index is 12.0. The minimum Gasteiger partial charge on any atom is -0.507 e. The van der Waals surface area contributed by atoms with Crippen molar-refractivity contribution in [3.8, 4) is 11.5 Å². The fourth-order valence-electron chi connectivity index (χ4n) is 8.50. The van der Waals surface area contributed by atoms with Gasteiger partial charge in [0.25, 0.3) is 0 Å². The number of rotatable bonds is 13. The summed E-state index contributed by atoms with van der Waals surface area (Å²) in [5, 5.41) is 24.1. The van der Waals surface area contributed by atoms with Gasteiger partial charge in [0, 0.05) is 46.5 Å². The van der Waals surface area contributed by atoms with Crippen LogP contribution in [0.4, 0.5) is 0 Å². The van der Waals surface area contributed by atoms with Crippen molar-refractivity contribution in [1.82, 2.24) is 0 Å². The van der Waals surface area contributed by atoms with Crippen LogP contribution in [0.2, 0.25) is 0 Å². The number of nitrogens with zero attached hydrogens (tertiary/aromatic N) is 2. The van der Waals surface area contributed by atoms with E-state index in [9.17, 15) is 10.2 Å². The smallest absolute Gasteiger partial charge is 0.128 e. The number of hydrogen-bond donors (Lipinski definition) is 2. The fourth-order valence-corrected chi connectivity index (χ4v) is 8.50. The Morgan fingerprint density at radius 1 is 0.450 bits per heavy atom. The van der Waals surface area contributed by atoms with Gasteiger partial charge >= 0.3 is 0 Å². The molecular weight excluding hydrogens is 733 g/mol. The third-order valence-corrected chi connectivity index (χ3v) is 12.1. The molecule has 4 nitrogen and oxygen atoms in total. The highest BCUT2D eigenvalue weighted by Gasteiger charge is 2.26. The summed E-state index contributed by atoms with van der Waals surface area (Å²) in [6, 6.07) is 45.4. The van der Waals surface area contributed by atoms with E-state index in [1.165, 1.54) is 22.3 Å². The van der Waals surface area contributed by atoms with E-state index in [0.29, 0.717) is 11.1 Å². The highest BCUT2D eigenvalue weighted by atomic mass is 16.3. The highest BCUT2D eigenvalue weighted by Crippen LogP contribution is 2.42. The zero-order valence-corrected chi connectivity index (χ0v) is 37.4. The van der Waals surface area contributed by atoms with Crippen molar-refractivity contribution in [2.75, 3.05) is 0 Å². The van der Waals surface area contributed by atoms with E-state index in [-0.39, 0.29) is 34.2 Å². The molecule has 0 saturated heterocycles. The molecule has 6 rings (SSSR count). The molecule has 4 atom stereocenters. The Morgan fingerprint density at radius 2 is 0.783 bits per heavy atom. The topological polar surface area (TPSA) is 65.2 Å². The highest BCUT2D eigenvalue weighted by molar-refractivity contribution is 5.86. The second kappa shape index (κ2) is 18.7. The summed E-state index contributed by atoms with van der Waals surface area (Å²) in [5.41, 5.74) is 12.4. The number of benzene rings is 6. The normalized spacial score (nSPS) is 14.4. The summed E-state index contributed by atoms with van der Waals surface area (Å²) in [4.78, 5) is 10.6. The number of phenols is 2. The Bertz CT molecular complexity index is 2230. The zero-order valence-electron chi connectivity index (χ0n) is 37.4. The molecule has 0 aliphatic rings. The van der Waals surface area contributed by atoms with E-state index in [4.69, 9.17) is 9.98 Å². The van der Waals surface area contributed by atoms with Gasteiger partial charge in [-0.15, -0.1) is 0 Å². The van der Waals surface area contributed by atoms with Gasteiger partial charge in [0.15, 0.2) is 0 Å². The van der Waals surface area contributed by atoms with Gasteiger partial charge in [0.1, 0.15) is 23.6 Å². The quantitative estimate of drug-likeness (QED) is 0.114. The monoisotopic (exact) mass is 796 g/mol. The van der Waals surface area contributed by atoms with Crippen LogP contribution in [0.25, 0.3) is 0 Å². The molecule has 0 aliphatic heterocycles. The molecule has 2 N–H and O–H groups in total. The van der Waals surface area contributed by atoms with Crippen molar-refractivity contribution in [3.63, 3.8) is 0 Å². The Hall–Kier alpha value is -5.74. The van der Waals surface area contributed by atoms with Gasteiger partial charge in [-0.3, -0.25) is 9.98 Å². The summed E-state index contributed by atoms with van der Waals surface area (Å²) in [6.45, 7) is 21.9. The molecule has 0 aliphatic carbocycles. The third-order valence-electron chi connectivity index (χ3n) is 12.1. The summed E-state index contributed by atoms with van der Waals surface area (Å²) >= 11 is 0. The number of aromatic hydroxyl groups is 2. The Morgan fingerprint density at radius 3 is 1.08 bits per heavy atom. The average molecular weight is 797 g/mol. The van der Waals surface area contributed by atoms with Crippen molar-refractivity contribution in [2.45, 2.75) is 117 Å². The van der Waals surface area contributed by atoms with Gasteiger partial charge < -0.3 is 10.2 Å². The number of hydrogen-bond acceptors (Lipinski definition) is 4. The van der Waals surface area contributed by atoms with Crippen LogP contribution in [0.5, 0.6) is 11.5 Å². The van der Waals surface area contributed by atoms with Crippen LogP contribution in [0, 0.1) is 13.8 Å². The van der Waals surface area contributed by atoms with Crippen LogP contribution in [0.15, 0.2) is 143 Å². The van der Waals surface area contributed by atoms with Crippen LogP contribution in [-0.4, -0.2) is 22.6 Å². The molecule has 0 heterocycles. The van der Waals surface area contributed by atoms with Crippen molar-refractivity contribution in [3.05, 3.63) is 200 Å². The lowest BCUT2D eigenvalue weighted by atomic mass is 9.82. The standard InChI is InChI=1S/C56H64N2O2/c1-11-47(39-27-31-45(32-28-39)55(5,6)7)49-37(3)23-25-43(53(49)59)35-57-51(41-19-15-13-16-20-41)52(42-21-17-14-18-22-42)58-36-44-26-24-38(4)50(54(44)60)48(12-2)40-29-33-46(34-30-40)56(8,9)10/h13-36,47-48,51-52,59-60H,11-12H2,1-10H3/t47?,48?,51-,52-/m0/s1. The molecule has 0 saturated carbocycles. The van der Waals surface area contributed by atoms with Gasteiger partial charge in [-0.2, -0.15) is 0 Å². The number of phenolic OH excluding ortho intramolecular Hbond substituents is 2. The summed E-state index contributed by atoms with van der Waals surface area (Å²) in [7, 11) is 0. The molecule has 0 radical (unpaired) electrons. The van der Waals surface area contributed by atoms with E-state index in [2.05, 4.69) is 154 Å². The molecular formula is C56H64N2O2. The molecule has 2 unspecified atom stereocenters. The number of aliphatic imine (C=N–C) groups is 2.